The molecule has 1 amide bonds. The Balaban J connectivity index is 2.79. The summed E-state index contributed by atoms with van der Waals surface area (Å²) in [6.07, 6.45) is 1.09. The first-order valence-corrected chi connectivity index (χ1v) is 5.16. The molecule has 0 bridgehead atoms. The molecule has 0 aromatic heterocycles. The van der Waals surface area contributed by atoms with Crippen molar-refractivity contribution in [3.05, 3.63) is 11.1 Å². The highest BCUT2D eigenvalue weighted by atomic mass is 35.5. The van der Waals surface area contributed by atoms with Crippen molar-refractivity contribution < 1.29 is 14.3 Å². The van der Waals surface area contributed by atoms with Crippen LogP contribution < -0.4 is 0 Å². The van der Waals surface area contributed by atoms with Gasteiger partial charge in [0.05, 0.1) is 0 Å². The summed E-state index contributed by atoms with van der Waals surface area (Å²) in [6, 6.07) is -0.496. The van der Waals surface area contributed by atoms with Gasteiger partial charge >= 0.3 is 12.1 Å². The van der Waals surface area contributed by atoms with E-state index in [0.717, 1.165) is 0 Å². The lowest BCUT2D eigenvalue weighted by atomic mass is 10.0. The Hall–Kier alpha value is -1.03. The zero-order valence-electron chi connectivity index (χ0n) is 8.99. The van der Waals surface area contributed by atoms with Gasteiger partial charge in [0.15, 0.2) is 0 Å². The van der Waals surface area contributed by atoms with E-state index in [1.807, 2.05) is 13.8 Å². The second-order valence-corrected chi connectivity index (χ2v) is 4.42. The standard InChI is InChI=1S/C10H14ClNO3/c1-6(2)8-9(13)15-10(14)12(8)5-4-7(3)11/h4,6,8H,5H2,1-3H3. The van der Waals surface area contributed by atoms with Crippen LogP contribution in [-0.2, 0) is 9.53 Å². The zero-order chi connectivity index (χ0) is 11.6. The molecule has 0 saturated carbocycles. The summed E-state index contributed by atoms with van der Waals surface area (Å²) >= 11 is 5.66. The molecule has 1 unspecified atom stereocenters. The molecule has 1 rings (SSSR count). The van der Waals surface area contributed by atoms with E-state index in [-0.39, 0.29) is 5.92 Å². The van der Waals surface area contributed by atoms with Gasteiger partial charge in [0.25, 0.3) is 0 Å². The minimum Gasteiger partial charge on any atom is -0.375 e. The molecule has 0 N–H and O–H groups in total. The van der Waals surface area contributed by atoms with Crippen molar-refractivity contribution in [2.45, 2.75) is 26.8 Å². The van der Waals surface area contributed by atoms with Gasteiger partial charge in [-0.15, -0.1) is 0 Å². The summed E-state index contributed by atoms with van der Waals surface area (Å²) in [4.78, 5) is 24.1. The molecule has 1 atom stereocenters. The number of amides is 1. The first-order chi connectivity index (χ1) is 6.93. The van der Waals surface area contributed by atoms with Crippen LogP contribution in [0.25, 0.3) is 0 Å². The fraction of sp³-hybridized carbons (Fsp3) is 0.600. The van der Waals surface area contributed by atoms with Gasteiger partial charge in [0, 0.05) is 11.6 Å². The molecule has 1 heterocycles. The Morgan fingerprint density at radius 1 is 1.60 bits per heavy atom. The molecule has 15 heavy (non-hydrogen) atoms. The van der Waals surface area contributed by atoms with Gasteiger partial charge < -0.3 is 4.74 Å². The highest BCUT2D eigenvalue weighted by molar-refractivity contribution is 6.29. The average Bonchev–Trinajstić information content (AvgIpc) is 2.37. The smallest absolute Gasteiger partial charge is 0.375 e. The molecule has 0 aromatic carbocycles. The third-order valence-corrected chi connectivity index (χ3v) is 2.35. The number of cyclic esters (lactones) is 2. The number of carbonyl (C=O) groups excluding carboxylic acids is 2. The summed E-state index contributed by atoms with van der Waals surface area (Å²) in [6.45, 7) is 5.77. The van der Waals surface area contributed by atoms with Crippen molar-refractivity contribution in [2.75, 3.05) is 6.54 Å². The van der Waals surface area contributed by atoms with Crippen LogP contribution in [0.2, 0.25) is 0 Å². The van der Waals surface area contributed by atoms with E-state index in [1.165, 1.54) is 4.90 Å². The molecule has 1 aliphatic rings. The number of hydrogen-bond acceptors (Lipinski definition) is 3. The second-order valence-electron chi connectivity index (χ2n) is 3.82. The van der Waals surface area contributed by atoms with Gasteiger partial charge in [-0.05, 0) is 12.8 Å². The number of ether oxygens (including phenoxy) is 1. The summed E-state index contributed by atoms with van der Waals surface area (Å²) in [5, 5.41) is 0.588. The fourth-order valence-corrected chi connectivity index (χ4v) is 1.56. The minimum absolute atomic E-state index is 0.0352. The van der Waals surface area contributed by atoms with Crippen LogP contribution in [0.3, 0.4) is 0 Å². The molecule has 1 fully saturated rings. The topological polar surface area (TPSA) is 46.6 Å². The number of esters is 1. The zero-order valence-corrected chi connectivity index (χ0v) is 9.75. The third-order valence-electron chi connectivity index (χ3n) is 2.20. The number of halogens is 1. The van der Waals surface area contributed by atoms with Gasteiger partial charge in [0.1, 0.15) is 6.04 Å². The molecule has 0 radical (unpaired) electrons. The number of nitrogens with zero attached hydrogens (tertiary/aromatic N) is 1. The summed E-state index contributed by atoms with van der Waals surface area (Å²) in [7, 11) is 0. The molecule has 0 aromatic rings. The first-order valence-electron chi connectivity index (χ1n) is 4.78. The summed E-state index contributed by atoms with van der Waals surface area (Å²) in [5.41, 5.74) is 0. The lowest BCUT2D eigenvalue weighted by molar-refractivity contribution is -0.136. The lowest BCUT2D eigenvalue weighted by Crippen LogP contribution is -2.39. The van der Waals surface area contributed by atoms with E-state index in [4.69, 9.17) is 11.6 Å². The van der Waals surface area contributed by atoms with Gasteiger partial charge in [-0.2, -0.15) is 0 Å². The lowest BCUT2D eigenvalue weighted by Gasteiger charge is -2.21. The van der Waals surface area contributed by atoms with Gasteiger partial charge in [-0.25, -0.2) is 9.59 Å². The molecule has 1 aliphatic heterocycles. The van der Waals surface area contributed by atoms with Crippen molar-refractivity contribution in [3.63, 3.8) is 0 Å². The van der Waals surface area contributed by atoms with Gasteiger partial charge in [-0.1, -0.05) is 31.5 Å². The van der Waals surface area contributed by atoms with Crippen LogP contribution in [0, 0.1) is 5.92 Å². The van der Waals surface area contributed by atoms with Crippen LogP contribution in [0.5, 0.6) is 0 Å². The van der Waals surface area contributed by atoms with Crippen LogP contribution >= 0.6 is 11.6 Å². The van der Waals surface area contributed by atoms with Crippen LogP contribution in [0.15, 0.2) is 11.1 Å². The van der Waals surface area contributed by atoms with Gasteiger partial charge in [0.2, 0.25) is 0 Å². The van der Waals surface area contributed by atoms with Crippen LogP contribution in [-0.4, -0.2) is 29.5 Å². The molecule has 0 spiro atoms. The van der Waals surface area contributed by atoms with E-state index in [1.54, 1.807) is 13.0 Å². The predicted octanol–water partition coefficient (Wildman–Crippen LogP) is 2.13. The SMILES string of the molecule is CC(Cl)=CCN1C(=O)OC(=O)C1C(C)C. The number of rotatable bonds is 3. The van der Waals surface area contributed by atoms with Crippen molar-refractivity contribution in [1.29, 1.82) is 0 Å². The maximum absolute atomic E-state index is 11.3. The maximum Gasteiger partial charge on any atom is 0.418 e. The molecule has 5 heteroatoms. The molecule has 0 aliphatic carbocycles. The minimum atomic E-state index is -0.590. The Morgan fingerprint density at radius 3 is 2.67 bits per heavy atom. The normalized spacial score (nSPS) is 22.6. The van der Waals surface area contributed by atoms with Crippen molar-refractivity contribution in [1.82, 2.24) is 4.90 Å². The molecule has 4 nitrogen and oxygen atoms in total. The number of hydrogen-bond donors (Lipinski definition) is 0. The Kier molecular flexibility index (Phi) is 3.74. The average molecular weight is 232 g/mol. The molecule has 1 saturated heterocycles. The quantitative estimate of drug-likeness (QED) is 0.552. The number of carbonyl (C=O) groups is 2. The summed E-state index contributed by atoms with van der Waals surface area (Å²) in [5.74, 6) is -0.441. The molecular weight excluding hydrogens is 218 g/mol. The van der Waals surface area contributed by atoms with Crippen molar-refractivity contribution in [2.24, 2.45) is 5.92 Å². The second kappa shape index (κ2) is 4.66. The van der Waals surface area contributed by atoms with Crippen LogP contribution in [0.1, 0.15) is 20.8 Å². The fourth-order valence-electron chi connectivity index (χ4n) is 1.49. The van der Waals surface area contributed by atoms with Crippen LogP contribution in [0.4, 0.5) is 4.79 Å². The van der Waals surface area contributed by atoms with E-state index >= 15 is 0 Å². The monoisotopic (exact) mass is 231 g/mol. The van der Waals surface area contributed by atoms with Crippen molar-refractivity contribution >= 4 is 23.7 Å². The third kappa shape index (κ3) is 2.72. The Morgan fingerprint density at radius 2 is 2.20 bits per heavy atom. The van der Waals surface area contributed by atoms with Crippen molar-refractivity contribution in [3.8, 4) is 0 Å². The highest BCUT2D eigenvalue weighted by Crippen LogP contribution is 2.20. The number of allylic oxidation sites excluding steroid dienone is 1. The van der Waals surface area contributed by atoms with E-state index < -0.39 is 18.1 Å². The largest absolute Gasteiger partial charge is 0.418 e. The molecular formula is C10H14ClNO3. The van der Waals surface area contributed by atoms with E-state index in [2.05, 4.69) is 4.74 Å². The highest BCUT2D eigenvalue weighted by Gasteiger charge is 2.42. The Bertz CT molecular complexity index is 308. The Labute approximate surface area is 93.8 Å². The summed E-state index contributed by atoms with van der Waals surface area (Å²) < 4.78 is 4.56. The maximum atomic E-state index is 11.3. The molecule has 84 valence electrons. The van der Waals surface area contributed by atoms with E-state index in [0.29, 0.717) is 11.6 Å². The van der Waals surface area contributed by atoms with E-state index in [9.17, 15) is 9.59 Å². The first kappa shape index (κ1) is 12.0. The predicted molar refractivity (Wildman–Crippen MR) is 56.4 cm³/mol. The van der Waals surface area contributed by atoms with Gasteiger partial charge in [-0.3, -0.25) is 4.90 Å².